The number of aromatic nitrogens is 2. The number of hydrogen-bond donors (Lipinski definition) is 2. The van der Waals surface area contributed by atoms with Crippen molar-refractivity contribution >= 4 is 22.5 Å². The zero-order valence-corrected chi connectivity index (χ0v) is 12.5. The molecule has 0 bridgehead atoms. The second-order valence-electron chi connectivity index (χ2n) is 5.22. The second-order valence-corrected chi connectivity index (χ2v) is 6.22. The van der Waals surface area contributed by atoms with Crippen LogP contribution in [-0.4, -0.2) is 23.0 Å². The lowest BCUT2D eigenvalue weighted by Gasteiger charge is -2.06. The Bertz CT molecular complexity index is 714. The van der Waals surface area contributed by atoms with Crippen LogP contribution in [0.5, 0.6) is 11.5 Å². The number of urea groups is 1. The fourth-order valence-corrected chi connectivity index (χ4v) is 3.06. The molecular weight excluding hydrogens is 304 g/mol. The van der Waals surface area contributed by atoms with E-state index in [1.807, 2.05) is 18.2 Å². The van der Waals surface area contributed by atoms with E-state index in [4.69, 9.17) is 9.47 Å². The van der Waals surface area contributed by atoms with E-state index in [1.54, 1.807) is 0 Å². The lowest BCUT2D eigenvalue weighted by molar-refractivity contribution is 0.174. The van der Waals surface area contributed by atoms with E-state index >= 15 is 0 Å². The highest BCUT2D eigenvalue weighted by Crippen LogP contribution is 2.42. The highest BCUT2D eigenvalue weighted by molar-refractivity contribution is 7.15. The first-order chi connectivity index (χ1) is 10.8. The van der Waals surface area contributed by atoms with Gasteiger partial charge in [-0.2, -0.15) is 0 Å². The number of carbonyl (C=O) groups is 1. The number of rotatable bonds is 4. The highest BCUT2D eigenvalue weighted by atomic mass is 32.1. The van der Waals surface area contributed by atoms with Crippen LogP contribution in [0.25, 0.3) is 0 Å². The van der Waals surface area contributed by atoms with Crippen LogP contribution < -0.4 is 20.1 Å². The van der Waals surface area contributed by atoms with Gasteiger partial charge in [0.15, 0.2) is 11.5 Å². The maximum Gasteiger partial charge on any atom is 0.321 e. The van der Waals surface area contributed by atoms with Crippen molar-refractivity contribution in [2.45, 2.75) is 25.3 Å². The Balaban J connectivity index is 1.31. The van der Waals surface area contributed by atoms with E-state index in [9.17, 15) is 4.79 Å². The Morgan fingerprint density at radius 2 is 2.14 bits per heavy atom. The van der Waals surface area contributed by atoms with Gasteiger partial charge >= 0.3 is 6.03 Å². The maximum atomic E-state index is 11.9. The molecule has 2 aromatic rings. The van der Waals surface area contributed by atoms with Crippen LogP contribution in [0, 0.1) is 0 Å². The van der Waals surface area contributed by atoms with Gasteiger partial charge in [-0.25, -0.2) is 4.79 Å². The molecule has 0 atom stereocenters. The van der Waals surface area contributed by atoms with Crippen molar-refractivity contribution in [3.63, 3.8) is 0 Å². The topological polar surface area (TPSA) is 85.4 Å². The zero-order valence-electron chi connectivity index (χ0n) is 11.7. The quantitative estimate of drug-likeness (QED) is 0.904. The van der Waals surface area contributed by atoms with Crippen LogP contribution in [0.3, 0.4) is 0 Å². The van der Waals surface area contributed by atoms with Gasteiger partial charge in [-0.3, -0.25) is 5.32 Å². The minimum atomic E-state index is -0.295. The molecule has 8 heteroatoms. The number of anilines is 1. The number of hydrogen-bond acceptors (Lipinski definition) is 6. The molecule has 0 unspecified atom stereocenters. The number of benzene rings is 1. The molecule has 4 rings (SSSR count). The Labute approximate surface area is 130 Å². The molecule has 114 valence electrons. The van der Waals surface area contributed by atoms with Gasteiger partial charge in [-0.1, -0.05) is 17.4 Å². The van der Waals surface area contributed by atoms with Crippen molar-refractivity contribution in [2.24, 2.45) is 0 Å². The average Bonchev–Trinajstić information content (AvgIpc) is 3.08. The summed E-state index contributed by atoms with van der Waals surface area (Å²) in [7, 11) is 0. The van der Waals surface area contributed by atoms with Crippen LogP contribution in [0.1, 0.15) is 29.3 Å². The summed E-state index contributed by atoms with van der Waals surface area (Å²) in [4.78, 5) is 11.9. The molecule has 1 aromatic carbocycles. The largest absolute Gasteiger partial charge is 0.454 e. The number of amides is 2. The number of fused-ring (bicyclic) bond motifs is 1. The molecule has 0 spiro atoms. The van der Waals surface area contributed by atoms with Gasteiger partial charge in [0.2, 0.25) is 11.9 Å². The predicted molar refractivity (Wildman–Crippen MR) is 80.3 cm³/mol. The number of ether oxygens (including phenoxy) is 2. The lowest BCUT2D eigenvalue weighted by atomic mass is 10.2. The van der Waals surface area contributed by atoms with E-state index in [1.165, 1.54) is 24.2 Å². The Morgan fingerprint density at radius 1 is 1.27 bits per heavy atom. The SMILES string of the molecule is O=C(NCc1ccc2c(c1)OCO2)Nc1nnc(C2CC2)s1. The van der Waals surface area contributed by atoms with Crippen LogP contribution >= 0.6 is 11.3 Å². The molecule has 22 heavy (non-hydrogen) atoms. The molecular formula is C14H14N4O3S. The minimum Gasteiger partial charge on any atom is -0.454 e. The first kappa shape index (κ1) is 13.3. The molecule has 2 aliphatic rings. The number of carbonyl (C=O) groups excluding carboxylic acids is 1. The maximum absolute atomic E-state index is 11.9. The summed E-state index contributed by atoms with van der Waals surface area (Å²) in [5, 5.41) is 15.1. The molecule has 1 aliphatic heterocycles. The van der Waals surface area contributed by atoms with Crippen molar-refractivity contribution in [3.05, 3.63) is 28.8 Å². The minimum absolute atomic E-state index is 0.243. The highest BCUT2D eigenvalue weighted by Gasteiger charge is 2.27. The third-order valence-corrected chi connectivity index (χ3v) is 4.48. The normalized spacial score (nSPS) is 15.6. The van der Waals surface area contributed by atoms with Crippen LogP contribution in [-0.2, 0) is 6.54 Å². The van der Waals surface area contributed by atoms with Crippen molar-refractivity contribution < 1.29 is 14.3 Å². The summed E-state index contributed by atoms with van der Waals surface area (Å²) in [6.07, 6.45) is 2.34. The summed E-state index contributed by atoms with van der Waals surface area (Å²) < 4.78 is 10.6. The van der Waals surface area contributed by atoms with Crippen molar-refractivity contribution in [1.29, 1.82) is 0 Å². The molecule has 1 saturated carbocycles. The molecule has 2 heterocycles. The molecule has 0 saturated heterocycles. The molecule has 2 amide bonds. The molecule has 1 aromatic heterocycles. The molecule has 1 fully saturated rings. The summed E-state index contributed by atoms with van der Waals surface area (Å²) in [6, 6.07) is 5.29. The van der Waals surface area contributed by atoms with Gasteiger partial charge in [-0.15, -0.1) is 10.2 Å². The van der Waals surface area contributed by atoms with Gasteiger partial charge in [0, 0.05) is 12.5 Å². The van der Waals surface area contributed by atoms with Gasteiger partial charge < -0.3 is 14.8 Å². The molecule has 1 aliphatic carbocycles. The summed E-state index contributed by atoms with van der Waals surface area (Å²) >= 11 is 1.44. The van der Waals surface area contributed by atoms with Gasteiger partial charge in [0.05, 0.1) is 0 Å². The summed E-state index contributed by atoms with van der Waals surface area (Å²) in [5.74, 6) is 1.98. The van der Waals surface area contributed by atoms with E-state index in [0.29, 0.717) is 23.3 Å². The monoisotopic (exact) mass is 318 g/mol. The Morgan fingerprint density at radius 3 is 3.00 bits per heavy atom. The number of nitrogens with zero attached hydrogens (tertiary/aromatic N) is 2. The fraction of sp³-hybridized carbons (Fsp3) is 0.357. The van der Waals surface area contributed by atoms with Crippen molar-refractivity contribution in [2.75, 3.05) is 12.1 Å². The predicted octanol–water partition coefficient (Wildman–Crippen LogP) is 2.47. The van der Waals surface area contributed by atoms with Crippen LogP contribution in [0.2, 0.25) is 0 Å². The lowest BCUT2D eigenvalue weighted by Crippen LogP contribution is -2.28. The Kier molecular flexibility index (Phi) is 3.30. The summed E-state index contributed by atoms with van der Waals surface area (Å²) in [5.41, 5.74) is 0.940. The Hall–Kier alpha value is -2.35. The first-order valence-corrected chi connectivity index (χ1v) is 7.86. The summed E-state index contributed by atoms with van der Waals surface area (Å²) in [6.45, 7) is 0.643. The number of nitrogens with one attached hydrogen (secondary N) is 2. The van der Waals surface area contributed by atoms with Crippen LogP contribution in [0.4, 0.5) is 9.93 Å². The van der Waals surface area contributed by atoms with Gasteiger partial charge in [-0.05, 0) is 30.5 Å². The zero-order chi connectivity index (χ0) is 14.9. The van der Waals surface area contributed by atoms with Gasteiger partial charge in [0.25, 0.3) is 0 Å². The van der Waals surface area contributed by atoms with Crippen molar-refractivity contribution in [1.82, 2.24) is 15.5 Å². The van der Waals surface area contributed by atoms with Crippen molar-refractivity contribution in [3.8, 4) is 11.5 Å². The standard InChI is InChI=1S/C14H14N4O3S/c19-13(16-14-18-17-12(22-14)9-2-3-9)15-6-8-1-4-10-11(5-8)21-7-20-10/h1,4-5,9H,2-3,6-7H2,(H2,15,16,18,19). The van der Waals surface area contributed by atoms with E-state index < -0.39 is 0 Å². The second kappa shape index (κ2) is 5.45. The molecule has 0 radical (unpaired) electrons. The third kappa shape index (κ3) is 2.82. The smallest absolute Gasteiger partial charge is 0.321 e. The average molecular weight is 318 g/mol. The third-order valence-electron chi connectivity index (χ3n) is 3.48. The fourth-order valence-electron chi connectivity index (χ4n) is 2.15. The van der Waals surface area contributed by atoms with E-state index in [-0.39, 0.29) is 12.8 Å². The van der Waals surface area contributed by atoms with E-state index in [0.717, 1.165) is 16.3 Å². The molecule has 2 N–H and O–H groups in total. The van der Waals surface area contributed by atoms with E-state index in [2.05, 4.69) is 20.8 Å². The van der Waals surface area contributed by atoms with Gasteiger partial charge in [0.1, 0.15) is 5.01 Å². The molecule has 7 nitrogen and oxygen atoms in total. The first-order valence-electron chi connectivity index (χ1n) is 7.05. The van der Waals surface area contributed by atoms with Crippen LogP contribution in [0.15, 0.2) is 18.2 Å².